The van der Waals surface area contributed by atoms with Gasteiger partial charge in [0.15, 0.2) is 0 Å². The molecular weight excluding hydrogens is 328 g/mol. The molecule has 7 heteroatoms. The smallest absolute Gasteiger partial charge is 0.263 e. The molecule has 1 aromatic carbocycles. The summed E-state index contributed by atoms with van der Waals surface area (Å²) < 4.78 is 5.76. The van der Waals surface area contributed by atoms with Crippen molar-refractivity contribution < 1.29 is 4.74 Å². The van der Waals surface area contributed by atoms with E-state index in [4.69, 9.17) is 4.74 Å². The number of rotatable bonds is 3. The van der Waals surface area contributed by atoms with Crippen molar-refractivity contribution in [2.75, 3.05) is 16.8 Å². The van der Waals surface area contributed by atoms with Crippen LogP contribution >= 0.6 is 0 Å². The fraction of sp³-hybridized carbons (Fsp3) is 0.632. The van der Waals surface area contributed by atoms with Crippen LogP contribution in [0.3, 0.4) is 0 Å². The Morgan fingerprint density at radius 2 is 2.08 bits per heavy atom. The van der Waals surface area contributed by atoms with Gasteiger partial charge in [-0.2, -0.15) is 4.80 Å². The number of aryl methyl sites for hydroxylation is 1. The van der Waals surface area contributed by atoms with Gasteiger partial charge in [0.1, 0.15) is 0 Å². The van der Waals surface area contributed by atoms with Gasteiger partial charge in [-0.15, -0.1) is 5.10 Å². The molecule has 1 unspecified atom stereocenters. The monoisotopic (exact) mass is 354 g/mol. The minimum absolute atomic E-state index is 0.212. The molecule has 3 heterocycles. The van der Waals surface area contributed by atoms with E-state index in [-0.39, 0.29) is 6.04 Å². The van der Waals surface area contributed by atoms with E-state index in [1.807, 2.05) is 0 Å². The molecule has 26 heavy (non-hydrogen) atoms. The van der Waals surface area contributed by atoms with E-state index in [1.54, 1.807) is 7.05 Å². The highest BCUT2D eigenvalue weighted by Crippen LogP contribution is 2.44. The average Bonchev–Trinajstić information content (AvgIpc) is 3.16. The summed E-state index contributed by atoms with van der Waals surface area (Å²) in [5.74, 6) is 0.606. The Morgan fingerprint density at radius 3 is 2.81 bits per heavy atom. The largest absolute Gasteiger partial charge is 0.372 e. The van der Waals surface area contributed by atoms with Crippen LogP contribution in [0.25, 0.3) is 0 Å². The highest BCUT2D eigenvalue weighted by atomic mass is 16.5. The van der Waals surface area contributed by atoms with Crippen molar-refractivity contribution in [2.45, 2.75) is 64.3 Å². The molecule has 0 spiro atoms. The Morgan fingerprint density at radius 1 is 1.19 bits per heavy atom. The fourth-order valence-corrected chi connectivity index (χ4v) is 4.63. The highest BCUT2D eigenvalue weighted by Gasteiger charge is 2.34. The quantitative estimate of drug-likeness (QED) is 0.914. The van der Waals surface area contributed by atoms with E-state index in [0.717, 1.165) is 26.2 Å². The van der Waals surface area contributed by atoms with Crippen molar-refractivity contribution in [2.24, 2.45) is 7.05 Å². The van der Waals surface area contributed by atoms with Crippen molar-refractivity contribution in [1.82, 2.24) is 20.2 Å². The number of benzene rings is 1. The van der Waals surface area contributed by atoms with Gasteiger partial charge in [0.05, 0.1) is 26.3 Å². The van der Waals surface area contributed by atoms with Crippen LogP contribution < -0.4 is 10.2 Å². The van der Waals surface area contributed by atoms with Crippen LogP contribution in [-0.4, -0.2) is 32.8 Å². The van der Waals surface area contributed by atoms with E-state index < -0.39 is 0 Å². The van der Waals surface area contributed by atoms with Gasteiger partial charge >= 0.3 is 0 Å². The third kappa shape index (κ3) is 2.57. The number of tetrazole rings is 1. The minimum atomic E-state index is 0.212. The maximum atomic E-state index is 5.76. The molecule has 0 radical (unpaired) electrons. The van der Waals surface area contributed by atoms with Crippen LogP contribution in [0.15, 0.2) is 6.07 Å². The zero-order valence-corrected chi connectivity index (χ0v) is 15.5. The predicted octanol–water partition coefficient (Wildman–Crippen LogP) is 2.85. The second-order valence-electron chi connectivity index (χ2n) is 7.79. The van der Waals surface area contributed by atoms with Crippen LogP contribution in [0.2, 0.25) is 0 Å². The van der Waals surface area contributed by atoms with Gasteiger partial charge in [0, 0.05) is 18.3 Å². The predicted molar refractivity (Wildman–Crippen MR) is 99.1 cm³/mol. The molecule has 1 fully saturated rings. The average molecular weight is 354 g/mol. The Labute approximate surface area is 153 Å². The number of ether oxygens (including phenoxy) is 1. The maximum Gasteiger partial charge on any atom is 0.263 e. The second-order valence-corrected chi connectivity index (χ2v) is 7.79. The first kappa shape index (κ1) is 16.1. The van der Waals surface area contributed by atoms with Crippen LogP contribution in [0, 0.1) is 6.92 Å². The Hall–Kier alpha value is -2.15. The number of aromatic nitrogens is 4. The van der Waals surface area contributed by atoms with Crippen molar-refractivity contribution in [3.8, 4) is 0 Å². The molecule has 138 valence electrons. The molecule has 1 N–H and O–H groups in total. The number of fused-ring (bicyclic) bond motifs is 2. The molecule has 0 amide bonds. The lowest BCUT2D eigenvalue weighted by molar-refractivity contribution is 0.134. The minimum Gasteiger partial charge on any atom is -0.372 e. The number of hydrogen-bond donors (Lipinski definition) is 1. The molecule has 7 nitrogen and oxygen atoms in total. The lowest BCUT2D eigenvalue weighted by Gasteiger charge is -2.41. The highest BCUT2D eigenvalue weighted by molar-refractivity contribution is 5.67. The molecule has 1 atom stereocenters. The van der Waals surface area contributed by atoms with Crippen molar-refractivity contribution >= 4 is 11.6 Å². The van der Waals surface area contributed by atoms with Crippen LogP contribution in [-0.2, 0) is 25.0 Å². The molecule has 1 aromatic heterocycles. The Kier molecular flexibility index (Phi) is 3.85. The molecular formula is C19H26N6O. The number of anilines is 2. The normalized spacial score (nSPS) is 22.5. The van der Waals surface area contributed by atoms with Gasteiger partial charge in [-0.25, -0.2) is 0 Å². The van der Waals surface area contributed by atoms with E-state index in [0.29, 0.717) is 12.0 Å². The maximum absolute atomic E-state index is 5.76. The zero-order valence-electron chi connectivity index (χ0n) is 15.5. The molecule has 2 aliphatic heterocycles. The third-order valence-electron chi connectivity index (χ3n) is 6.18. The summed E-state index contributed by atoms with van der Waals surface area (Å²) in [6, 6.07) is 3.28. The van der Waals surface area contributed by atoms with Gasteiger partial charge in [0.25, 0.3) is 5.95 Å². The van der Waals surface area contributed by atoms with Gasteiger partial charge in [-0.05, 0) is 72.6 Å². The summed E-state index contributed by atoms with van der Waals surface area (Å²) in [4.78, 5) is 4.18. The fourth-order valence-electron chi connectivity index (χ4n) is 4.63. The van der Waals surface area contributed by atoms with Crippen LogP contribution in [0.5, 0.6) is 0 Å². The third-order valence-corrected chi connectivity index (χ3v) is 6.18. The zero-order chi connectivity index (χ0) is 17.7. The number of nitrogens with zero attached hydrogens (tertiary/aromatic N) is 5. The van der Waals surface area contributed by atoms with E-state index >= 15 is 0 Å². The molecule has 5 rings (SSSR count). The Bertz CT molecular complexity index is 828. The lowest BCUT2D eigenvalue weighted by atomic mass is 9.88. The summed E-state index contributed by atoms with van der Waals surface area (Å²) in [5.41, 5.74) is 6.95. The van der Waals surface area contributed by atoms with Gasteiger partial charge < -0.3 is 15.0 Å². The summed E-state index contributed by atoms with van der Waals surface area (Å²) in [7, 11) is 1.80. The topological polar surface area (TPSA) is 68.1 Å². The van der Waals surface area contributed by atoms with Crippen LogP contribution in [0.4, 0.5) is 11.6 Å². The van der Waals surface area contributed by atoms with Crippen molar-refractivity contribution in [1.29, 1.82) is 0 Å². The molecule has 2 aromatic rings. The van der Waals surface area contributed by atoms with Crippen molar-refractivity contribution in [3.63, 3.8) is 0 Å². The summed E-state index contributed by atoms with van der Waals surface area (Å²) >= 11 is 0. The SMILES string of the molecule is Cc1c2c(cc3c1N(C1CCC1)CCCC3Nc1nnn(C)n1)COC2. The lowest BCUT2D eigenvalue weighted by Crippen LogP contribution is -2.41. The molecule has 1 saturated carbocycles. The molecule has 3 aliphatic rings. The molecule has 0 bridgehead atoms. The molecule has 1 aliphatic carbocycles. The van der Waals surface area contributed by atoms with E-state index in [9.17, 15) is 0 Å². The van der Waals surface area contributed by atoms with Crippen molar-refractivity contribution in [3.05, 3.63) is 28.3 Å². The number of hydrogen-bond acceptors (Lipinski definition) is 6. The standard InChI is InChI=1S/C19H26N6O/c1-12-16-11-26-10-13(16)9-15-17(20-19-21-23-24(2)22-19)7-4-8-25(18(12)15)14-5-3-6-14/h9,14,17H,3-8,10-11H2,1-2H3,(H,20,22). The van der Waals surface area contributed by atoms with Crippen LogP contribution in [0.1, 0.15) is 60.4 Å². The number of nitrogens with one attached hydrogen (secondary N) is 1. The van der Waals surface area contributed by atoms with E-state index in [1.165, 1.54) is 58.4 Å². The summed E-state index contributed by atoms with van der Waals surface area (Å²) in [5, 5.41) is 16.0. The van der Waals surface area contributed by atoms with Gasteiger partial charge in [-0.1, -0.05) is 5.10 Å². The summed E-state index contributed by atoms with van der Waals surface area (Å²) in [6.45, 7) is 4.88. The van der Waals surface area contributed by atoms with Gasteiger partial charge in [-0.3, -0.25) is 0 Å². The van der Waals surface area contributed by atoms with E-state index in [2.05, 4.69) is 38.6 Å². The molecule has 0 saturated heterocycles. The second kappa shape index (κ2) is 6.23. The first-order valence-corrected chi connectivity index (χ1v) is 9.71. The first-order chi connectivity index (χ1) is 12.7. The Balaban J connectivity index is 1.59. The van der Waals surface area contributed by atoms with Gasteiger partial charge in [0.2, 0.25) is 0 Å². The first-order valence-electron chi connectivity index (χ1n) is 9.71. The summed E-state index contributed by atoms with van der Waals surface area (Å²) in [6.07, 6.45) is 6.23.